The molecule has 1 unspecified atom stereocenters. The first-order valence-corrected chi connectivity index (χ1v) is 6.83. The van der Waals surface area contributed by atoms with Crippen LogP contribution in [-0.2, 0) is 6.18 Å². The molecule has 0 aromatic heterocycles. The fourth-order valence-electron chi connectivity index (χ4n) is 2.35. The van der Waals surface area contributed by atoms with Gasteiger partial charge in [-0.2, -0.15) is 13.2 Å². The van der Waals surface area contributed by atoms with Crippen molar-refractivity contribution in [3.63, 3.8) is 0 Å². The van der Waals surface area contributed by atoms with Gasteiger partial charge in [-0.1, -0.05) is 36.4 Å². The van der Waals surface area contributed by atoms with Crippen molar-refractivity contribution in [1.29, 1.82) is 0 Å². The second-order valence-electron chi connectivity index (χ2n) is 5.10. The summed E-state index contributed by atoms with van der Waals surface area (Å²) >= 11 is 0. The molecule has 0 aliphatic carbocycles. The van der Waals surface area contributed by atoms with E-state index in [4.69, 9.17) is 0 Å². The lowest BCUT2D eigenvalue weighted by molar-refractivity contribution is -0.137. The van der Waals surface area contributed by atoms with Crippen LogP contribution in [0.25, 0.3) is 0 Å². The van der Waals surface area contributed by atoms with Crippen molar-refractivity contribution in [1.82, 2.24) is 5.32 Å². The Balaban J connectivity index is 2.25. The van der Waals surface area contributed by atoms with Crippen LogP contribution in [0.15, 0.2) is 48.5 Å². The highest BCUT2D eigenvalue weighted by Gasteiger charge is 2.35. The van der Waals surface area contributed by atoms with Gasteiger partial charge in [-0.05, 0) is 37.1 Å². The van der Waals surface area contributed by atoms with E-state index in [0.717, 1.165) is 17.2 Å². The average molecular weight is 307 g/mol. The Morgan fingerprint density at radius 3 is 2.27 bits per heavy atom. The van der Waals surface area contributed by atoms with Crippen molar-refractivity contribution in [2.24, 2.45) is 0 Å². The number of nitrogens with one attached hydrogen (secondary N) is 1. The minimum absolute atomic E-state index is 0.365. The predicted octanol–water partition coefficient (Wildman–Crippen LogP) is 4.50. The number of benzene rings is 2. The zero-order chi connectivity index (χ0) is 16.3. The van der Waals surface area contributed by atoms with E-state index in [-0.39, 0.29) is 11.6 Å². The molecular formula is C17H16F3NO. The standard InChI is InChI=1S/C17H16F3NO/c1-11-7-3-4-8-13(11)12(2)21-16(22)14-9-5-6-10-15(14)17(18,19)20/h3-10,12H,1-2H3,(H,21,22). The fourth-order valence-corrected chi connectivity index (χ4v) is 2.35. The average Bonchev–Trinajstić information content (AvgIpc) is 2.46. The summed E-state index contributed by atoms with van der Waals surface area (Å²) < 4.78 is 38.9. The van der Waals surface area contributed by atoms with Crippen LogP contribution >= 0.6 is 0 Å². The molecule has 1 amide bonds. The first kappa shape index (κ1) is 16.1. The molecule has 1 N–H and O–H groups in total. The molecule has 0 radical (unpaired) electrons. The molecule has 0 aliphatic rings. The van der Waals surface area contributed by atoms with E-state index in [2.05, 4.69) is 5.32 Å². The van der Waals surface area contributed by atoms with Gasteiger partial charge in [0.05, 0.1) is 17.2 Å². The molecule has 22 heavy (non-hydrogen) atoms. The molecule has 2 aromatic carbocycles. The minimum atomic E-state index is -4.56. The van der Waals surface area contributed by atoms with Gasteiger partial charge in [-0.15, -0.1) is 0 Å². The number of alkyl halides is 3. The number of hydrogen-bond acceptors (Lipinski definition) is 1. The highest BCUT2D eigenvalue weighted by molar-refractivity contribution is 5.96. The number of halogens is 3. The van der Waals surface area contributed by atoms with E-state index >= 15 is 0 Å². The number of aryl methyl sites for hydroxylation is 1. The molecule has 1 atom stereocenters. The lowest BCUT2D eigenvalue weighted by atomic mass is 10.0. The third-order valence-electron chi connectivity index (χ3n) is 3.48. The Hall–Kier alpha value is -2.30. The molecule has 0 heterocycles. The van der Waals surface area contributed by atoms with Crippen LogP contribution in [0.1, 0.15) is 40.0 Å². The third kappa shape index (κ3) is 3.47. The normalized spacial score (nSPS) is 12.8. The van der Waals surface area contributed by atoms with E-state index < -0.39 is 17.6 Å². The van der Waals surface area contributed by atoms with Gasteiger partial charge in [0.2, 0.25) is 0 Å². The molecule has 0 fully saturated rings. The van der Waals surface area contributed by atoms with E-state index in [1.165, 1.54) is 18.2 Å². The highest BCUT2D eigenvalue weighted by Crippen LogP contribution is 2.32. The van der Waals surface area contributed by atoms with Crippen molar-refractivity contribution in [2.75, 3.05) is 0 Å². The van der Waals surface area contributed by atoms with Crippen molar-refractivity contribution >= 4 is 5.91 Å². The predicted molar refractivity (Wildman–Crippen MR) is 78.5 cm³/mol. The number of carbonyl (C=O) groups is 1. The Morgan fingerprint density at radius 1 is 1.05 bits per heavy atom. The minimum Gasteiger partial charge on any atom is -0.345 e. The molecule has 2 aromatic rings. The molecule has 2 rings (SSSR count). The SMILES string of the molecule is Cc1ccccc1C(C)NC(=O)c1ccccc1C(F)(F)F. The topological polar surface area (TPSA) is 29.1 Å². The van der Waals surface area contributed by atoms with Crippen LogP contribution in [0.5, 0.6) is 0 Å². The van der Waals surface area contributed by atoms with Gasteiger partial charge < -0.3 is 5.32 Å². The van der Waals surface area contributed by atoms with Gasteiger partial charge >= 0.3 is 6.18 Å². The summed E-state index contributed by atoms with van der Waals surface area (Å²) in [5.74, 6) is -0.733. The second-order valence-corrected chi connectivity index (χ2v) is 5.10. The highest BCUT2D eigenvalue weighted by atomic mass is 19.4. The molecule has 2 nitrogen and oxygen atoms in total. The van der Waals surface area contributed by atoms with Crippen LogP contribution in [0.2, 0.25) is 0 Å². The van der Waals surface area contributed by atoms with Gasteiger partial charge in [-0.25, -0.2) is 0 Å². The fraction of sp³-hybridized carbons (Fsp3) is 0.235. The lowest BCUT2D eigenvalue weighted by Crippen LogP contribution is -2.29. The number of amides is 1. The van der Waals surface area contributed by atoms with Crippen LogP contribution in [-0.4, -0.2) is 5.91 Å². The van der Waals surface area contributed by atoms with Gasteiger partial charge in [0.15, 0.2) is 0 Å². The second kappa shape index (κ2) is 6.22. The van der Waals surface area contributed by atoms with Gasteiger partial charge in [0.25, 0.3) is 5.91 Å². The summed E-state index contributed by atoms with van der Waals surface area (Å²) in [7, 11) is 0. The molecular weight excluding hydrogens is 291 g/mol. The van der Waals surface area contributed by atoms with Crippen LogP contribution in [0.4, 0.5) is 13.2 Å². The molecule has 5 heteroatoms. The molecule has 0 spiro atoms. The number of rotatable bonds is 3. The summed E-state index contributed by atoms with van der Waals surface area (Å²) in [6.07, 6.45) is -4.56. The monoisotopic (exact) mass is 307 g/mol. The largest absolute Gasteiger partial charge is 0.417 e. The zero-order valence-electron chi connectivity index (χ0n) is 12.2. The molecule has 116 valence electrons. The maximum Gasteiger partial charge on any atom is 0.417 e. The van der Waals surface area contributed by atoms with E-state index in [9.17, 15) is 18.0 Å². The summed E-state index contributed by atoms with van der Waals surface area (Å²) in [6, 6.07) is 11.8. The molecule has 0 bridgehead atoms. The Kier molecular flexibility index (Phi) is 4.54. The van der Waals surface area contributed by atoms with E-state index in [1.54, 1.807) is 6.92 Å². The van der Waals surface area contributed by atoms with Gasteiger partial charge in [0, 0.05) is 0 Å². The Morgan fingerprint density at radius 2 is 1.64 bits per heavy atom. The Bertz CT molecular complexity index is 680. The third-order valence-corrected chi connectivity index (χ3v) is 3.48. The van der Waals surface area contributed by atoms with Crippen molar-refractivity contribution in [2.45, 2.75) is 26.1 Å². The molecule has 0 saturated carbocycles. The van der Waals surface area contributed by atoms with Crippen LogP contribution in [0, 0.1) is 6.92 Å². The molecule has 0 saturated heterocycles. The summed E-state index contributed by atoms with van der Waals surface area (Å²) in [6.45, 7) is 3.64. The zero-order valence-corrected chi connectivity index (χ0v) is 12.2. The number of carbonyl (C=O) groups excluding carboxylic acids is 1. The first-order valence-electron chi connectivity index (χ1n) is 6.83. The van der Waals surface area contributed by atoms with Gasteiger partial charge in [0.1, 0.15) is 0 Å². The van der Waals surface area contributed by atoms with Crippen molar-refractivity contribution in [3.8, 4) is 0 Å². The summed E-state index contributed by atoms with van der Waals surface area (Å²) in [4.78, 5) is 12.2. The van der Waals surface area contributed by atoms with E-state index in [1.807, 2.05) is 31.2 Å². The van der Waals surface area contributed by atoms with Crippen LogP contribution < -0.4 is 5.32 Å². The first-order chi connectivity index (χ1) is 10.3. The number of hydrogen-bond donors (Lipinski definition) is 1. The molecule has 0 aliphatic heterocycles. The maximum atomic E-state index is 13.0. The van der Waals surface area contributed by atoms with Crippen LogP contribution in [0.3, 0.4) is 0 Å². The lowest BCUT2D eigenvalue weighted by Gasteiger charge is -2.18. The Labute approximate surface area is 127 Å². The smallest absolute Gasteiger partial charge is 0.345 e. The maximum absolute atomic E-state index is 13.0. The quantitative estimate of drug-likeness (QED) is 0.888. The summed E-state index contributed by atoms with van der Waals surface area (Å²) in [5.41, 5.74) is 0.555. The summed E-state index contributed by atoms with van der Waals surface area (Å²) in [5, 5.41) is 2.63. The van der Waals surface area contributed by atoms with Crippen molar-refractivity contribution in [3.05, 3.63) is 70.8 Å². The van der Waals surface area contributed by atoms with Crippen molar-refractivity contribution < 1.29 is 18.0 Å². The van der Waals surface area contributed by atoms with Gasteiger partial charge in [-0.3, -0.25) is 4.79 Å². The van der Waals surface area contributed by atoms with E-state index in [0.29, 0.717) is 0 Å².